The molecular formula is C23H21N5O9S. The molecule has 2 aromatic rings. The van der Waals surface area contributed by atoms with E-state index in [4.69, 9.17) is 5.73 Å². The number of aromatic hydroxyl groups is 1. The van der Waals surface area contributed by atoms with E-state index in [0.717, 1.165) is 22.7 Å². The van der Waals surface area contributed by atoms with Gasteiger partial charge < -0.3 is 36.3 Å². The van der Waals surface area contributed by atoms with E-state index in [1.807, 2.05) is 0 Å². The molecule has 15 heteroatoms. The number of ether oxygens (including phenoxy) is 1. The highest BCUT2D eigenvalue weighted by atomic mass is 32.2. The molecule has 4 rings (SSSR count). The average Bonchev–Trinajstić information content (AvgIpc) is 2.88. The first-order chi connectivity index (χ1) is 18.1. The van der Waals surface area contributed by atoms with Crippen molar-refractivity contribution in [3.05, 3.63) is 75.3 Å². The van der Waals surface area contributed by atoms with Crippen LogP contribution < -0.4 is 21.8 Å². The monoisotopic (exact) mass is 543 g/mol. The molecule has 14 nitrogen and oxygen atoms in total. The van der Waals surface area contributed by atoms with Gasteiger partial charge in [-0.1, -0.05) is 12.1 Å². The maximum absolute atomic E-state index is 13.3. The molecule has 1 saturated heterocycles. The number of hydrogen-bond acceptors (Lipinski definition) is 9. The molecular weight excluding hydrogens is 522 g/mol. The van der Waals surface area contributed by atoms with Crippen molar-refractivity contribution in [3.8, 4) is 5.75 Å². The molecule has 198 valence electrons. The standard InChI is InChI=1S/C23H21N5O9S/c24-23(36)37-8-11-9-38-21-16(20(33)28(21)17(11)22(34)35)27-19(32)15(10-1-3-12(29)4-2-10)26-18(31)13-7-25-6-5-14(13)30/h1-7,15-16,21,29H,8-9H2,(H2,24,36)(H,25,30)(H,26,31)(H,27,32)(H,34,35)/t15-,16?,21-/m1/s1. The summed E-state index contributed by atoms with van der Waals surface area (Å²) in [6.07, 6.45) is 1.41. The summed E-state index contributed by atoms with van der Waals surface area (Å²) in [5, 5.41) is 23.5. The Hall–Kier alpha value is -4.79. The zero-order chi connectivity index (χ0) is 27.6. The number of phenols is 1. The predicted molar refractivity (Wildman–Crippen MR) is 131 cm³/mol. The maximum atomic E-state index is 13.3. The number of carbonyl (C=O) groups excluding carboxylic acids is 4. The Morgan fingerprint density at radius 1 is 1.18 bits per heavy atom. The van der Waals surface area contributed by atoms with Crippen LogP contribution in [0.15, 0.2) is 58.8 Å². The number of thioether (sulfide) groups is 1. The Kier molecular flexibility index (Phi) is 7.38. The summed E-state index contributed by atoms with van der Waals surface area (Å²) in [4.78, 5) is 77.5. The molecule has 2 aliphatic rings. The minimum absolute atomic E-state index is 0.0879. The van der Waals surface area contributed by atoms with Crippen LogP contribution >= 0.6 is 11.8 Å². The first-order valence-electron chi connectivity index (χ1n) is 11.0. The second-order valence-corrected chi connectivity index (χ2v) is 9.29. The number of hydrogen-bond donors (Lipinski definition) is 6. The van der Waals surface area contributed by atoms with Gasteiger partial charge in [0, 0.05) is 29.8 Å². The van der Waals surface area contributed by atoms with Crippen molar-refractivity contribution in [1.29, 1.82) is 0 Å². The Labute approximate surface area is 217 Å². The van der Waals surface area contributed by atoms with E-state index in [1.165, 1.54) is 36.7 Å². The van der Waals surface area contributed by atoms with Gasteiger partial charge in [-0.3, -0.25) is 24.1 Å². The number of H-pyrrole nitrogens is 1. The number of aliphatic carboxylic acids is 1. The van der Waals surface area contributed by atoms with Crippen LogP contribution in [0, 0.1) is 0 Å². The van der Waals surface area contributed by atoms with Gasteiger partial charge in [0.05, 0.1) is 0 Å². The molecule has 0 radical (unpaired) electrons. The number of nitrogens with two attached hydrogens (primary N) is 1. The SMILES string of the molecule is NC(=O)OCC1=C(C(=O)O)N2C(=O)C(NC(=O)[C@H](NC(=O)c3c[nH]ccc3=O)c3ccc(O)cc3)[C@H]2SC1. The number of pyridine rings is 1. The summed E-state index contributed by atoms with van der Waals surface area (Å²) in [5.41, 5.74) is 4.16. The van der Waals surface area contributed by atoms with Gasteiger partial charge in [0.25, 0.3) is 11.8 Å². The van der Waals surface area contributed by atoms with Crippen molar-refractivity contribution in [3.63, 3.8) is 0 Å². The first-order valence-corrected chi connectivity index (χ1v) is 12.0. The number of amides is 4. The van der Waals surface area contributed by atoms with Crippen molar-refractivity contribution < 1.29 is 38.9 Å². The molecule has 0 aliphatic carbocycles. The lowest BCUT2D eigenvalue weighted by Crippen LogP contribution is -2.71. The first kappa shape index (κ1) is 26.3. The second kappa shape index (κ2) is 10.7. The number of carboxylic acid groups (broad SMARTS) is 1. The molecule has 1 aromatic heterocycles. The fourth-order valence-electron chi connectivity index (χ4n) is 3.96. The third-order valence-corrected chi connectivity index (χ3v) is 7.11. The highest BCUT2D eigenvalue weighted by Crippen LogP contribution is 2.40. The van der Waals surface area contributed by atoms with E-state index >= 15 is 0 Å². The lowest BCUT2D eigenvalue weighted by molar-refractivity contribution is -0.151. The number of primary amides is 1. The summed E-state index contributed by atoms with van der Waals surface area (Å²) >= 11 is 1.14. The number of phenolic OH excluding ortho intramolecular Hbond substituents is 1. The van der Waals surface area contributed by atoms with E-state index in [2.05, 4.69) is 20.4 Å². The number of nitrogens with one attached hydrogen (secondary N) is 3. The van der Waals surface area contributed by atoms with Crippen LogP contribution in [0.2, 0.25) is 0 Å². The molecule has 7 N–H and O–H groups in total. The smallest absolute Gasteiger partial charge is 0.404 e. The van der Waals surface area contributed by atoms with Gasteiger partial charge in [0.1, 0.15) is 41.1 Å². The normalized spacial score (nSPS) is 19.1. The Bertz CT molecular complexity index is 1400. The molecule has 1 unspecified atom stereocenters. The van der Waals surface area contributed by atoms with Crippen LogP contribution in [0.1, 0.15) is 22.0 Å². The number of benzene rings is 1. The van der Waals surface area contributed by atoms with Crippen molar-refractivity contribution >= 4 is 41.5 Å². The quantitative estimate of drug-likeness (QED) is 0.232. The maximum Gasteiger partial charge on any atom is 0.404 e. The predicted octanol–water partition coefficient (Wildman–Crippen LogP) is -0.614. The van der Waals surface area contributed by atoms with Crippen LogP contribution in [0.5, 0.6) is 5.75 Å². The number of β-lactam (4-membered cyclic amide) rings is 1. The minimum Gasteiger partial charge on any atom is -0.508 e. The molecule has 2 aliphatic heterocycles. The molecule has 1 fully saturated rings. The summed E-state index contributed by atoms with van der Waals surface area (Å²) in [6.45, 7) is -0.412. The molecule has 38 heavy (non-hydrogen) atoms. The zero-order valence-electron chi connectivity index (χ0n) is 19.4. The lowest BCUT2D eigenvalue weighted by Gasteiger charge is -2.49. The van der Waals surface area contributed by atoms with E-state index in [1.54, 1.807) is 0 Å². The molecule has 1 aromatic carbocycles. The second-order valence-electron chi connectivity index (χ2n) is 8.18. The van der Waals surface area contributed by atoms with Crippen LogP contribution in [0.25, 0.3) is 0 Å². The molecule has 0 bridgehead atoms. The van der Waals surface area contributed by atoms with Crippen LogP contribution in [0.3, 0.4) is 0 Å². The summed E-state index contributed by atoms with van der Waals surface area (Å²) < 4.78 is 4.68. The largest absolute Gasteiger partial charge is 0.508 e. The van der Waals surface area contributed by atoms with Gasteiger partial charge in [-0.25, -0.2) is 9.59 Å². The number of nitrogens with zero attached hydrogens (tertiary/aromatic N) is 1. The van der Waals surface area contributed by atoms with Crippen molar-refractivity contribution in [2.24, 2.45) is 5.73 Å². The summed E-state index contributed by atoms with van der Waals surface area (Å²) in [6, 6.07) is 4.01. The highest BCUT2D eigenvalue weighted by Gasteiger charge is 2.54. The number of carboxylic acids is 1. The van der Waals surface area contributed by atoms with E-state index in [9.17, 15) is 39.0 Å². The van der Waals surface area contributed by atoms with Gasteiger partial charge in [-0.2, -0.15) is 0 Å². The van der Waals surface area contributed by atoms with Gasteiger partial charge in [-0.15, -0.1) is 11.8 Å². The Morgan fingerprint density at radius 3 is 2.53 bits per heavy atom. The van der Waals surface area contributed by atoms with E-state index in [0.29, 0.717) is 0 Å². The fraction of sp³-hybridized carbons (Fsp3) is 0.217. The van der Waals surface area contributed by atoms with Crippen molar-refractivity contribution in [1.82, 2.24) is 20.5 Å². The third-order valence-electron chi connectivity index (χ3n) is 5.77. The molecule has 0 saturated carbocycles. The minimum atomic E-state index is -1.42. The summed E-state index contributed by atoms with van der Waals surface area (Å²) in [7, 11) is 0. The average molecular weight is 544 g/mol. The van der Waals surface area contributed by atoms with Crippen LogP contribution in [0.4, 0.5) is 4.79 Å². The van der Waals surface area contributed by atoms with Gasteiger partial charge in [0.15, 0.2) is 5.43 Å². The topological polar surface area (TPSA) is 221 Å². The molecule has 3 atom stereocenters. The Morgan fingerprint density at radius 2 is 1.89 bits per heavy atom. The number of rotatable bonds is 8. The van der Waals surface area contributed by atoms with E-state index < -0.39 is 59.3 Å². The molecule has 0 spiro atoms. The highest BCUT2D eigenvalue weighted by molar-refractivity contribution is 8.00. The van der Waals surface area contributed by atoms with Crippen LogP contribution in [-0.2, 0) is 19.1 Å². The van der Waals surface area contributed by atoms with Gasteiger partial charge >= 0.3 is 12.1 Å². The van der Waals surface area contributed by atoms with Gasteiger partial charge in [0.2, 0.25) is 5.91 Å². The zero-order valence-corrected chi connectivity index (χ0v) is 20.2. The summed E-state index contributed by atoms with van der Waals surface area (Å²) in [5.74, 6) is -3.81. The Balaban J connectivity index is 1.55. The van der Waals surface area contributed by atoms with E-state index in [-0.39, 0.29) is 33.9 Å². The lowest BCUT2D eigenvalue weighted by atomic mass is 10.0. The fourth-order valence-corrected chi connectivity index (χ4v) is 5.29. The number of aromatic amines is 1. The van der Waals surface area contributed by atoms with Crippen molar-refractivity contribution in [2.75, 3.05) is 12.4 Å². The number of fused-ring (bicyclic) bond motifs is 1. The van der Waals surface area contributed by atoms with Gasteiger partial charge in [-0.05, 0) is 17.7 Å². The number of carbonyl (C=O) groups is 5. The van der Waals surface area contributed by atoms with Crippen molar-refractivity contribution in [2.45, 2.75) is 17.5 Å². The molecule has 4 amide bonds. The number of aromatic nitrogens is 1. The molecule has 3 heterocycles. The van der Waals surface area contributed by atoms with Crippen LogP contribution in [-0.4, -0.2) is 73.7 Å². The third kappa shape index (κ3) is 5.17.